The number of rotatable bonds is 12. The molecule has 0 saturated carbocycles. The van der Waals surface area contributed by atoms with Crippen LogP contribution < -0.4 is 0 Å². The van der Waals surface area contributed by atoms with E-state index in [1.54, 1.807) is 0 Å². The van der Waals surface area contributed by atoms with E-state index in [0.29, 0.717) is 11.8 Å². The molecular weight excluding hydrogens is 1350 g/mol. The van der Waals surface area contributed by atoms with Gasteiger partial charge in [0.25, 0.3) is 0 Å². The Hall–Kier alpha value is -15.1. The Bertz CT molecular complexity index is 6560. The standard InChI is InChI=1S/C40H27N3.C34H23N3.C28H19N3/c1-3-11-28(12-4-1)30-19-23-32(24-20-30)36-27-37(33-25-21-31(22-26-33)29-13-5-2-6-14-29)42-40(41-36)43-38-17-9-7-15-34(38)35-16-8-10-18-39(35)43;1-3-11-24(12-4-1)30-23-31(25-13-5-2-6-14-25)36-34(35-30)26-19-21-27(22-20-26)37-32-17-9-7-15-28(32)29-16-8-10-18-33(29)37;1-2-8-20(9-3-1)25-18-19-29-28(30-25)21-14-16-22(17-15-21)31-26-12-6-4-10-23(26)24-11-5-7-13-27(24)31/h1-27H;1-23H;1-19H. The van der Waals surface area contributed by atoms with Gasteiger partial charge in [0.15, 0.2) is 11.6 Å². The molecule has 9 heteroatoms. The molecule has 15 aromatic carbocycles. The van der Waals surface area contributed by atoms with Gasteiger partial charge in [0.05, 0.1) is 61.6 Å². The van der Waals surface area contributed by atoms with Gasteiger partial charge in [-0.05, 0) is 125 Å². The molecule has 0 saturated heterocycles. The normalized spacial score (nSPS) is 11.2. The van der Waals surface area contributed by atoms with Crippen molar-refractivity contribution < 1.29 is 0 Å². The highest BCUT2D eigenvalue weighted by molar-refractivity contribution is 6.11. The van der Waals surface area contributed by atoms with Crippen molar-refractivity contribution in [2.45, 2.75) is 0 Å². The Balaban J connectivity index is 0.000000114. The van der Waals surface area contributed by atoms with Crippen molar-refractivity contribution in [2.24, 2.45) is 0 Å². The molecule has 21 rings (SSSR count). The topological polar surface area (TPSA) is 92.1 Å². The maximum absolute atomic E-state index is 5.19. The van der Waals surface area contributed by atoms with Gasteiger partial charge in [0.2, 0.25) is 5.95 Å². The minimum Gasteiger partial charge on any atom is -0.309 e. The quantitative estimate of drug-likeness (QED) is 0.121. The monoisotopic (exact) mass is 1420 g/mol. The third-order valence-electron chi connectivity index (χ3n) is 20.6. The highest BCUT2D eigenvalue weighted by Gasteiger charge is 2.20. The van der Waals surface area contributed by atoms with Crippen LogP contribution in [0.4, 0.5) is 0 Å². The second-order valence-electron chi connectivity index (χ2n) is 27.4. The predicted molar refractivity (Wildman–Crippen MR) is 458 cm³/mol. The molecule has 0 unspecified atom stereocenters. The van der Waals surface area contributed by atoms with Crippen LogP contribution in [-0.2, 0) is 0 Å². The summed E-state index contributed by atoms with van der Waals surface area (Å²) in [7, 11) is 0. The first-order valence-electron chi connectivity index (χ1n) is 37.3. The molecule has 0 aliphatic heterocycles. The van der Waals surface area contributed by atoms with E-state index in [-0.39, 0.29) is 0 Å². The molecule has 0 fully saturated rings. The van der Waals surface area contributed by atoms with E-state index >= 15 is 0 Å². The van der Waals surface area contributed by atoms with Gasteiger partial charge < -0.3 is 9.13 Å². The van der Waals surface area contributed by atoms with Gasteiger partial charge in [0.1, 0.15) is 0 Å². The fourth-order valence-corrected chi connectivity index (χ4v) is 15.2. The van der Waals surface area contributed by atoms with E-state index in [1.807, 2.05) is 79.0 Å². The third-order valence-corrected chi connectivity index (χ3v) is 20.6. The highest BCUT2D eigenvalue weighted by atomic mass is 15.2. The van der Waals surface area contributed by atoms with E-state index in [1.165, 1.54) is 76.6 Å². The smallest absolute Gasteiger partial charge is 0.235 e. The number of hydrogen-bond acceptors (Lipinski definition) is 6. The lowest BCUT2D eigenvalue weighted by Crippen LogP contribution is -2.04. The summed E-state index contributed by atoms with van der Waals surface area (Å²) < 4.78 is 6.83. The molecule has 0 aliphatic carbocycles. The van der Waals surface area contributed by atoms with Crippen LogP contribution in [0.25, 0.3) is 184 Å². The summed E-state index contributed by atoms with van der Waals surface area (Å²) in [5, 5.41) is 7.42. The Morgan fingerprint density at radius 3 is 0.739 bits per heavy atom. The molecule has 0 amide bonds. The second-order valence-corrected chi connectivity index (χ2v) is 27.4. The molecule has 111 heavy (non-hydrogen) atoms. The summed E-state index contributed by atoms with van der Waals surface area (Å²) >= 11 is 0. The minimum atomic E-state index is 0.657. The summed E-state index contributed by atoms with van der Waals surface area (Å²) in [5.74, 6) is 2.10. The van der Waals surface area contributed by atoms with Gasteiger partial charge in [-0.25, -0.2) is 29.9 Å². The van der Waals surface area contributed by atoms with Crippen molar-refractivity contribution in [2.75, 3.05) is 0 Å². The van der Waals surface area contributed by atoms with Crippen LogP contribution in [0.2, 0.25) is 0 Å². The van der Waals surface area contributed by atoms with Crippen LogP contribution in [0.3, 0.4) is 0 Å². The van der Waals surface area contributed by atoms with Gasteiger partial charge in [-0.2, -0.15) is 0 Å². The fourth-order valence-electron chi connectivity index (χ4n) is 15.2. The summed E-state index contributed by atoms with van der Waals surface area (Å²) in [6.07, 6.45) is 1.82. The number of para-hydroxylation sites is 6. The average Bonchev–Trinajstić information content (AvgIpc) is 1.62. The van der Waals surface area contributed by atoms with E-state index in [9.17, 15) is 0 Å². The number of aromatic nitrogens is 9. The average molecular weight is 1420 g/mol. The number of fused-ring (bicyclic) bond motifs is 9. The van der Waals surface area contributed by atoms with E-state index < -0.39 is 0 Å². The van der Waals surface area contributed by atoms with Crippen LogP contribution in [-0.4, -0.2) is 43.6 Å². The maximum Gasteiger partial charge on any atom is 0.235 e. The molecule has 6 aromatic heterocycles. The lowest BCUT2D eigenvalue weighted by Gasteiger charge is -2.12. The Kier molecular flexibility index (Phi) is 17.8. The zero-order valence-electron chi connectivity index (χ0n) is 60.4. The Morgan fingerprint density at radius 1 is 0.162 bits per heavy atom. The molecule has 0 bridgehead atoms. The lowest BCUT2D eigenvalue weighted by molar-refractivity contribution is 0.995. The van der Waals surface area contributed by atoms with Crippen LogP contribution >= 0.6 is 0 Å². The SMILES string of the molecule is c1ccc(-c2cc(-c3ccccc3)nc(-c3ccc(-n4c5ccccc5c5ccccc54)cc3)n2)cc1.c1ccc(-c2ccc(-c3cc(-c4ccc(-c5ccccc5)cc4)nc(-n4c5ccccc5c5ccccc54)n3)cc2)cc1.c1ccc(-c2ccnc(-c3ccc(-n4c5ccccc5c5ccccc54)cc3)n2)cc1. The fraction of sp³-hybridized carbons (Fsp3) is 0. The highest BCUT2D eigenvalue weighted by Crippen LogP contribution is 2.38. The van der Waals surface area contributed by atoms with Crippen LogP contribution in [0.15, 0.2) is 419 Å². The van der Waals surface area contributed by atoms with Gasteiger partial charge in [-0.15, -0.1) is 0 Å². The first-order valence-corrected chi connectivity index (χ1v) is 37.3. The number of nitrogens with zero attached hydrogens (tertiary/aromatic N) is 9. The van der Waals surface area contributed by atoms with E-state index in [2.05, 4.69) is 358 Å². The van der Waals surface area contributed by atoms with Crippen molar-refractivity contribution in [1.82, 2.24) is 43.6 Å². The zero-order valence-corrected chi connectivity index (χ0v) is 60.4. The van der Waals surface area contributed by atoms with Crippen molar-refractivity contribution in [3.05, 3.63) is 419 Å². The van der Waals surface area contributed by atoms with Crippen molar-refractivity contribution in [3.8, 4) is 119 Å². The molecule has 6 heterocycles. The largest absolute Gasteiger partial charge is 0.309 e. The molecule has 21 aromatic rings. The molecule has 0 radical (unpaired) electrons. The summed E-state index contributed by atoms with van der Waals surface area (Å²) in [6.45, 7) is 0. The van der Waals surface area contributed by atoms with Crippen molar-refractivity contribution >= 4 is 65.4 Å². The minimum absolute atomic E-state index is 0.657. The first-order chi connectivity index (χ1) is 55.0. The Labute approximate surface area is 642 Å². The van der Waals surface area contributed by atoms with Gasteiger partial charge >= 0.3 is 0 Å². The molecule has 9 nitrogen and oxygen atoms in total. The molecular formula is C102H69N9. The Morgan fingerprint density at radius 2 is 0.396 bits per heavy atom. The van der Waals surface area contributed by atoms with Crippen LogP contribution in [0.5, 0.6) is 0 Å². The molecule has 522 valence electrons. The number of benzene rings is 15. The van der Waals surface area contributed by atoms with Crippen LogP contribution in [0.1, 0.15) is 0 Å². The molecule has 0 atom stereocenters. The molecule has 0 N–H and O–H groups in total. The summed E-state index contributed by atoms with van der Waals surface area (Å²) in [6, 6.07) is 143. The van der Waals surface area contributed by atoms with Gasteiger partial charge in [0, 0.05) is 88.8 Å². The lowest BCUT2D eigenvalue weighted by atomic mass is 10.0. The predicted octanol–water partition coefficient (Wildman–Crippen LogP) is 25.7. The van der Waals surface area contributed by atoms with Gasteiger partial charge in [-0.1, -0.05) is 309 Å². The summed E-state index contributed by atoms with van der Waals surface area (Å²) in [4.78, 5) is 29.6. The van der Waals surface area contributed by atoms with Crippen molar-refractivity contribution in [3.63, 3.8) is 0 Å². The first kappa shape index (κ1) is 66.6. The zero-order chi connectivity index (χ0) is 73.8. The van der Waals surface area contributed by atoms with E-state index in [0.717, 1.165) is 95.6 Å². The van der Waals surface area contributed by atoms with Crippen LogP contribution in [0, 0.1) is 0 Å². The molecule has 0 spiro atoms. The third kappa shape index (κ3) is 13.2. The maximum atomic E-state index is 5.19. The summed E-state index contributed by atoms with van der Waals surface area (Å²) in [5.41, 5.74) is 25.8. The second kappa shape index (κ2) is 29.7. The van der Waals surface area contributed by atoms with Crippen molar-refractivity contribution in [1.29, 1.82) is 0 Å². The van der Waals surface area contributed by atoms with Gasteiger partial charge in [-0.3, -0.25) is 4.57 Å². The van der Waals surface area contributed by atoms with E-state index in [4.69, 9.17) is 24.9 Å². The molecule has 0 aliphatic rings. The number of hydrogen-bond donors (Lipinski definition) is 0.